The van der Waals surface area contributed by atoms with Crippen LogP contribution in [0.4, 0.5) is 5.69 Å². The largest absolute Gasteiger partial charge is 0.454 e. The highest BCUT2D eigenvalue weighted by atomic mass is 16.5. The van der Waals surface area contributed by atoms with Crippen LogP contribution in [0.15, 0.2) is 48.5 Å². The van der Waals surface area contributed by atoms with E-state index in [-0.39, 0.29) is 5.91 Å². The SMILES string of the molecule is CCNCCN1C(=O)c2ccccc2Oc2ccccc21. The molecule has 0 aromatic heterocycles. The molecule has 1 amide bonds. The van der Waals surface area contributed by atoms with E-state index in [0.717, 1.165) is 18.8 Å². The summed E-state index contributed by atoms with van der Waals surface area (Å²) in [5.41, 5.74) is 1.42. The Kier molecular flexibility index (Phi) is 3.88. The summed E-state index contributed by atoms with van der Waals surface area (Å²) in [6, 6.07) is 15.0. The van der Waals surface area contributed by atoms with Crippen LogP contribution in [0.25, 0.3) is 0 Å². The maximum Gasteiger partial charge on any atom is 0.262 e. The number of likely N-dealkylation sites (N-methyl/N-ethyl adjacent to an activating group) is 1. The Morgan fingerprint density at radius 3 is 2.57 bits per heavy atom. The fourth-order valence-corrected chi connectivity index (χ4v) is 2.46. The molecule has 2 aromatic rings. The van der Waals surface area contributed by atoms with Crippen molar-refractivity contribution < 1.29 is 9.53 Å². The van der Waals surface area contributed by atoms with Crippen molar-refractivity contribution in [3.8, 4) is 11.5 Å². The Balaban J connectivity index is 2.03. The number of nitrogens with one attached hydrogen (secondary N) is 1. The van der Waals surface area contributed by atoms with Gasteiger partial charge in [0.05, 0.1) is 11.3 Å². The third-order valence-electron chi connectivity index (χ3n) is 3.50. The summed E-state index contributed by atoms with van der Waals surface area (Å²) in [7, 11) is 0. The fourth-order valence-electron chi connectivity index (χ4n) is 2.46. The Morgan fingerprint density at radius 2 is 1.76 bits per heavy atom. The van der Waals surface area contributed by atoms with Gasteiger partial charge in [-0.2, -0.15) is 0 Å². The minimum atomic E-state index is -0.0200. The first kappa shape index (κ1) is 13.6. The van der Waals surface area contributed by atoms with E-state index in [1.54, 1.807) is 4.90 Å². The summed E-state index contributed by atoms with van der Waals surface area (Å²) < 4.78 is 5.93. The summed E-state index contributed by atoms with van der Waals surface area (Å²) in [6.45, 7) is 4.30. The lowest BCUT2D eigenvalue weighted by Gasteiger charge is -2.22. The van der Waals surface area contributed by atoms with Crippen LogP contribution in [-0.2, 0) is 0 Å². The van der Waals surface area contributed by atoms with Crippen LogP contribution >= 0.6 is 0 Å². The van der Waals surface area contributed by atoms with Crippen molar-refractivity contribution in [2.75, 3.05) is 24.5 Å². The lowest BCUT2D eigenvalue weighted by atomic mass is 10.1. The molecule has 1 heterocycles. The summed E-state index contributed by atoms with van der Waals surface area (Å²) in [5.74, 6) is 1.31. The average Bonchev–Trinajstić information content (AvgIpc) is 2.63. The first-order valence-corrected chi connectivity index (χ1v) is 7.19. The Labute approximate surface area is 124 Å². The van der Waals surface area contributed by atoms with E-state index in [1.165, 1.54) is 0 Å². The quantitative estimate of drug-likeness (QED) is 0.876. The lowest BCUT2D eigenvalue weighted by Crippen LogP contribution is -2.36. The van der Waals surface area contributed by atoms with Crippen molar-refractivity contribution in [3.05, 3.63) is 54.1 Å². The Morgan fingerprint density at radius 1 is 1.05 bits per heavy atom. The highest BCUT2D eigenvalue weighted by Crippen LogP contribution is 2.38. The van der Waals surface area contributed by atoms with Crippen LogP contribution in [0, 0.1) is 0 Å². The summed E-state index contributed by atoms with van der Waals surface area (Å²) >= 11 is 0. The number of hydrogen-bond donors (Lipinski definition) is 1. The Hall–Kier alpha value is -2.33. The van der Waals surface area contributed by atoms with Crippen molar-refractivity contribution in [2.24, 2.45) is 0 Å². The second-order valence-electron chi connectivity index (χ2n) is 4.88. The molecular weight excluding hydrogens is 264 g/mol. The topological polar surface area (TPSA) is 41.6 Å². The van der Waals surface area contributed by atoms with E-state index in [4.69, 9.17) is 4.74 Å². The fraction of sp³-hybridized carbons (Fsp3) is 0.235. The van der Waals surface area contributed by atoms with Crippen LogP contribution < -0.4 is 15.0 Å². The molecular formula is C17H18N2O2. The van der Waals surface area contributed by atoms with Crippen molar-refractivity contribution >= 4 is 11.6 Å². The first-order chi connectivity index (χ1) is 10.3. The zero-order chi connectivity index (χ0) is 14.7. The molecule has 108 valence electrons. The maximum absolute atomic E-state index is 12.8. The molecule has 0 spiro atoms. The lowest BCUT2D eigenvalue weighted by molar-refractivity contribution is 0.0987. The number of benzene rings is 2. The van der Waals surface area contributed by atoms with E-state index < -0.39 is 0 Å². The average molecular weight is 282 g/mol. The van der Waals surface area contributed by atoms with Crippen molar-refractivity contribution in [1.82, 2.24) is 5.32 Å². The number of anilines is 1. The number of carbonyl (C=O) groups is 1. The van der Waals surface area contributed by atoms with Gasteiger partial charge in [-0.25, -0.2) is 0 Å². The van der Waals surface area contributed by atoms with E-state index in [2.05, 4.69) is 12.2 Å². The second kappa shape index (κ2) is 5.97. The van der Waals surface area contributed by atoms with Gasteiger partial charge in [-0.1, -0.05) is 31.2 Å². The number of amides is 1. The molecule has 0 aliphatic carbocycles. The van der Waals surface area contributed by atoms with Gasteiger partial charge in [0.25, 0.3) is 5.91 Å². The minimum Gasteiger partial charge on any atom is -0.454 e. The number of fused-ring (bicyclic) bond motifs is 2. The normalized spacial score (nSPS) is 13.2. The summed E-state index contributed by atoms with van der Waals surface area (Å²) in [6.07, 6.45) is 0. The third-order valence-corrected chi connectivity index (χ3v) is 3.50. The van der Waals surface area contributed by atoms with E-state index in [9.17, 15) is 4.79 Å². The van der Waals surface area contributed by atoms with Crippen molar-refractivity contribution in [2.45, 2.75) is 6.92 Å². The first-order valence-electron chi connectivity index (χ1n) is 7.19. The van der Waals surface area contributed by atoms with Gasteiger partial charge in [0.2, 0.25) is 0 Å². The van der Waals surface area contributed by atoms with Crippen LogP contribution in [0.2, 0.25) is 0 Å². The molecule has 3 rings (SSSR count). The predicted molar refractivity (Wildman–Crippen MR) is 83.2 cm³/mol. The van der Waals surface area contributed by atoms with Gasteiger partial charge in [-0.05, 0) is 30.8 Å². The van der Waals surface area contributed by atoms with E-state index in [0.29, 0.717) is 23.6 Å². The highest BCUT2D eigenvalue weighted by Gasteiger charge is 2.27. The molecule has 0 saturated carbocycles. The molecule has 4 heteroatoms. The minimum absolute atomic E-state index is 0.0200. The monoisotopic (exact) mass is 282 g/mol. The predicted octanol–water partition coefficient (Wildman–Crippen LogP) is 3.05. The van der Waals surface area contributed by atoms with Crippen LogP contribution in [0.5, 0.6) is 11.5 Å². The zero-order valence-corrected chi connectivity index (χ0v) is 12.0. The third kappa shape index (κ3) is 2.62. The van der Waals surface area contributed by atoms with Gasteiger partial charge in [-0.15, -0.1) is 0 Å². The number of hydrogen-bond acceptors (Lipinski definition) is 3. The van der Waals surface area contributed by atoms with Crippen LogP contribution in [-0.4, -0.2) is 25.5 Å². The molecule has 2 aromatic carbocycles. The van der Waals surface area contributed by atoms with Gasteiger partial charge in [0, 0.05) is 13.1 Å². The summed E-state index contributed by atoms with van der Waals surface area (Å²) in [5, 5.41) is 3.26. The number of ether oxygens (including phenoxy) is 1. The Bertz CT molecular complexity index is 655. The maximum atomic E-state index is 12.8. The van der Waals surface area contributed by atoms with E-state index in [1.807, 2.05) is 48.5 Å². The standard InChI is InChI=1S/C17H18N2O2/c1-2-18-11-12-19-14-8-4-6-10-16(14)21-15-9-5-3-7-13(15)17(19)20/h3-10,18H,2,11-12H2,1H3. The van der Waals surface area contributed by atoms with Gasteiger partial charge in [-0.3, -0.25) is 4.79 Å². The number of nitrogens with zero attached hydrogens (tertiary/aromatic N) is 1. The molecule has 21 heavy (non-hydrogen) atoms. The molecule has 1 aliphatic heterocycles. The molecule has 1 N–H and O–H groups in total. The number of para-hydroxylation sites is 3. The molecule has 0 bridgehead atoms. The summed E-state index contributed by atoms with van der Waals surface area (Å²) in [4.78, 5) is 14.6. The molecule has 0 saturated heterocycles. The van der Waals surface area contributed by atoms with Crippen molar-refractivity contribution in [1.29, 1.82) is 0 Å². The second-order valence-corrected chi connectivity index (χ2v) is 4.88. The molecule has 4 nitrogen and oxygen atoms in total. The van der Waals surface area contributed by atoms with Gasteiger partial charge in [0.1, 0.15) is 5.75 Å². The van der Waals surface area contributed by atoms with E-state index >= 15 is 0 Å². The van der Waals surface area contributed by atoms with Gasteiger partial charge >= 0.3 is 0 Å². The number of carbonyl (C=O) groups excluding carboxylic acids is 1. The van der Waals surface area contributed by atoms with Gasteiger partial charge in [0.15, 0.2) is 5.75 Å². The molecule has 0 radical (unpaired) electrons. The highest BCUT2D eigenvalue weighted by molar-refractivity contribution is 6.09. The molecule has 0 unspecified atom stereocenters. The van der Waals surface area contributed by atoms with Crippen LogP contribution in [0.3, 0.4) is 0 Å². The molecule has 0 fully saturated rings. The van der Waals surface area contributed by atoms with Crippen LogP contribution in [0.1, 0.15) is 17.3 Å². The number of rotatable bonds is 4. The smallest absolute Gasteiger partial charge is 0.262 e. The van der Waals surface area contributed by atoms with Gasteiger partial charge < -0.3 is 15.0 Å². The zero-order valence-electron chi connectivity index (χ0n) is 12.0. The van der Waals surface area contributed by atoms with Crippen molar-refractivity contribution in [3.63, 3.8) is 0 Å². The molecule has 1 aliphatic rings. The molecule has 0 atom stereocenters.